The van der Waals surface area contributed by atoms with Crippen LogP contribution in [0.1, 0.15) is 27.9 Å². The number of methoxy groups -OCH3 is 1. The molecule has 10 heteroatoms. The minimum atomic E-state index is -0.631. The van der Waals surface area contributed by atoms with E-state index < -0.39 is 16.8 Å². The quantitative estimate of drug-likeness (QED) is 0.479. The Kier molecular flexibility index (Phi) is 5.32. The van der Waals surface area contributed by atoms with Gasteiger partial charge in [0.05, 0.1) is 30.4 Å². The minimum Gasteiger partial charge on any atom is -0.496 e. The van der Waals surface area contributed by atoms with Gasteiger partial charge in [-0.25, -0.2) is 4.79 Å². The van der Waals surface area contributed by atoms with Crippen LogP contribution in [0.2, 0.25) is 0 Å². The highest BCUT2D eigenvalue weighted by Crippen LogP contribution is 2.26. The van der Waals surface area contributed by atoms with Crippen LogP contribution >= 0.6 is 0 Å². The zero-order valence-corrected chi connectivity index (χ0v) is 13.8. The number of nitrogens with one attached hydrogen (secondary N) is 1. The number of non-ortho nitro benzene ring substituents is 1. The number of rotatable bonds is 6. The van der Waals surface area contributed by atoms with Gasteiger partial charge in [0.25, 0.3) is 11.6 Å². The summed E-state index contributed by atoms with van der Waals surface area (Å²) in [4.78, 5) is 34.4. The summed E-state index contributed by atoms with van der Waals surface area (Å²) in [6.07, 6.45) is 0. The molecule has 1 heterocycles. The molecule has 132 valence electrons. The molecule has 2 aromatic rings. The number of carbonyl (C=O) groups is 2. The fourth-order valence-corrected chi connectivity index (χ4v) is 2.05. The Morgan fingerprint density at radius 1 is 1.32 bits per heavy atom. The van der Waals surface area contributed by atoms with E-state index in [1.807, 2.05) is 0 Å². The van der Waals surface area contributed by atoms with Crippen LogP contribution < -0.4 is 10.1 Å². The van der Waals surface area contributed by atoms with Crippen molar-refractivity contribution < 1.29 is 24.0 Å². The van der Waals surface area contributed by atoms with Gasteiger partial charge in [0.2, 0.25) is 0 Å². The van der Waals surface area contributed by atoms with Crippen LogP contribution in [0.4, 0.5) is 11.4 Å². The first-order valence-electron chi connectivity index (χ1n) is 7.21. The van der Waals surface area contributed by atoms with Crippen LogP contribution in [0, 0.1) is 10.1 Å². The maximum Gasteiger partial charge on any atom is 0.356 e. The minimum absolute atomic E-state index is 0.0315. The van der Waals surface area contributed by atoms with Crippen molar-refractivity contribution >= 4 is 23.3 Å². The maximum absolute atomic E-state index is 12.3. The highest BCUT2D eigenvalue weighted by atomic mass is 16.6. The largest absolute Gasteiger partial charge is 0.496 e. The van der Waals surface area contributed by atoms with Gasteiger partial charge in [-0.1, -0.05) is 0 Å². The second-order valence-electron chi connectivity index (χ2n) is 4.89. The predicted octanol–water partition coefficient (Wildman–Crippen LogP) is 1.77. The Balaban J connectivity index is 2.25. The van der Waals surface area contributed by atoms with Crippen LogP contribution in [0.3, 0.4) is 0 Å². The molecule has 0 fully saturated rings. The molecule has 25 heavy (non-hydrogen) atoms. The Labute approximate surface area is 142 Å². The average molecular weight is 348 g/mol. The van der Waals surface area contributed by atoms with Gasteiger partial charge in [-0.3, -0.25) is 19.6 Å². The molecule has 0 aliphatic heterocycles. The van der Waals surface area contributed by atoms with E-state index in [1.165, 1.54) is 43.1 Å². The SMILES string of the molecule is CCOC(=O)c1cc(C(=O)Nc2cc(OC)cc([N+](=O)[O-])c2)nn1C. The third-order valence-electron chi connectivity index (χ3n) is 3.19. The van der Waals surface area contributed by atoms with Crippen molar-refractivity contribution in [2.24, 2.45) is 7.05 Å². The average Bonchev–Trinajstić information content (AvgIpc) is 2.96. The van der Waals surface area contributed by atoms with Gasteiger partial charge in [-0.15, -0.1) is 0 Å². The summed E-state index contributed by atoms with van der Waals surface area (Å²) in [5.41, 5.74) is 0.0157. The van der Waals surface area contributed by atoms with Crippen molar-refractivity contribution in [3.8, 4) is 5.75 Å². The molecule has 0 unspecified atom stereocenters. The molecule has 10 nitrogen and oxygen atoms in total. The van der Waals surface area contributed by atoms with Crippen molar-refractivity contribution in [3.63, 3.8) is 0 Å². The lowest BCUT2D eigenvalue weighted by molar-refractivity contribution is -0.384. The standard InChI is InChI=1S/C15H16N4O6/c1-4-25-15(21)13-8-12(17-18(13)2)14(20)16-9-5-10(19(22)23)7-11(6-9)24-3/h5-8H,4H2,1-3H3,(H,16,20). The topological polar surface area (TPSA) is 126 Å². The Bertz CT molecular complexity index is 829. The smallest absolute Gasteiger partial charge is 0.356 e. The number of nitro benzene ring substituents is 1. The summed E-state index contributed by atoms with van der Waals surface area (Å²) in [7, 11) is 2.86. The van der Waals surface area contributed by atoms with E-state index in [4.69, 9.17) is 9.47 Å². The lowest BCUT2D eigenvalue weighted by Crippen LogP contribution is -2.13. The fraction of sp³-hybridized carbons (Fsp3) is 0.267. The van der Waals surface area contributed by atoms with Crippen molar-refractivity contribution in [1.82, 2.24) is 9.78 Å². The molecule has 0 spiro atoms. The van der Waals surface area contributed by atoms with E-state index in [2.05, 4.69) is 10.4 Å². The molecule has 0 saturated heterocycles. The number of nitrogens with zero attached hydrogens (tertiary/aromatic N) is 3. The van der Waals surface area contributed by atoms with Crippen LogP contribution in [0.5, 0.6) is 5.75 Å². The second kappa shape index (κ2) is 7.43. The van der Waals surface area contributed by atoms with E-state index in [1.54, 1.807) is 6.92 Å². The van der Waals surface area contributed by atoms with Crippen LogP contribution in [-0.2, 0) is 11.8 Å². The van der Waals surface area contributed by atoms with Gasteiger partial charge in [0.15, 0.2) is 5.69 Å². The van der Waals surface area contributed by atoms with Crippen molar-refractivity contribution in [2.75, 3.05) is 19.0 Å². The molecule has 1 aromatic carbocycles. The monoisotopic (exact) mass is 348 g/mol. The lowest BCUT2D eigenvalue weighted by Gasteiger charge is -2.06. The molecule has 1 aromatic heterocycles. The first-order valence-corrected chi connectivity index (χ1v) is 7.21. The van der Waals surface area contributed by atoms with Crippen molar-refractivity contribution in [2.45, 2.75) is 6.92 Å². The molecule has 0 aliphatic rings. The van der Waals surface area contributed by atoms with Gasteiger partial charge in [-0.2, -0.15) is 5.10 Å². The molecule has 1 N–H and O–H groups in total. The van der Waals surface area contributed by atoms with Crippen LogP contribution in [0.25, 0.3) is 0 Å². The van der Waals surface area contributed by atoms with Crippen LogP contribution in [-0.4, -0.2) is 40.3 Å². The van der Waals surface area contributed by atoms with Gasteiger partial charge < -0.3 is 14.8 Å². The summed E-state index contributed by atoms with van der Waals surface area (Å²) in [6, 6.07) is 5.13. The summed E-state index contributed by atoms with van der Waals surface area (Å²) >= 11 is 0. The van der Waals surface area contributed by atoms with Crippen LogP contribution in [0.15, 0.2) is 24.3 Å². The predicted molar refractivity (Wildman–Crippen MR) is 86.8 cm³/mol. The highest BCUT2D eigenvalue weighted by Gasteiger charge is 2.19. The number of carbonyl (C=O) groups excluding carboxylic acids is 2. The van der Waals surface area contributed by atoms with E-state index in [9.17, 15) is 19.7 Å². The number of ether oxygens (including phenoxy) is 2. The number of aromatic nitrogens is 2. The van der Waals surface area contributed by atoms with Crippen molar-refractivity contribution in [3.05, 3.63) is 45.8 Å². The second-order valence-corrected chi connectivity index (χ2v) is 4.89. The maximum atomic E-state index is 12.3. The number of benzene rings is 1. The number of hydrogen-bond acceptors (Lipinski definition) is 7. The molecule has 0 radical (unpaired) electrons. The Morgan fingerprint density at radius 3 is 2.64 bits per heavy atom. The first-order chi connectivity index (χ1) is 11.8. The number of esters is 1. The first kappa shape index (κ1) is 17.9. The Hall–Kier alpha value is -3.43. The lowest BCUT2D eigenvalue weighted by atomic mass is 10.2. The van der Waals surface area contributed by atoms with E-state index >= 15 is 0 Å². The zero-order chi connectivity index (χ0) is 18.6. The molecule has 2 rings (SSSR count). The molecule has 0 saturated carbocycles. The number of amides is 1. The number of hydrogen-bond donors (Lipinski definition) is 1. The molecule has 0 atom stereocenters. The third kappa shape index (κ3) is 4.10. The summed E-state index contributed by atoms with van der Waals surface area (Å²) in [5, 5.41) is 17.4. The third-order valence-corrected chi connectivity index (χ3v) is 3.19. The van der Waals surface area contributed by atoms with E-state index in [0.717, 1.165) is 0 Å². The van der Waals surface area contributed by atoms with Gasteiger partial charge in [0, 0.05) is 25.2 Å². The van der Waals surface area contributed by atoms with Gasteiger partial charge in [0.1, 0.15) is 11.4 Å². The number of anilines is 1. The normalized spacial score (nSPS) is 10.2. The summed E-state index contributed by atoms with van der Waals surface area (Å²) < 4.78 is 11.1. The fourth-order valence-electron chi connectivity index (χ4n) is 2.05. The molecule has 1 amide bonds. The summed E-state index contributed by atoms with van der Waals surface area (Å²) in [6.45, 7) is 1.86. The number of aryl methyl sites for hydroxylation is 1. The van der Waals surface area contributed by atoms with Crippen molar-refractivity contribution in [1.29, 1.82) is 0 Å². The molecular formula is C15H16N4O6. The number of nitro groups is 1. The zero-order valence-electron chi connectivity index (χ0n) is 13.8. The van der Waals surface area contributed by atoms with Gasteiger partial charge >= 0.3 is 5.97 Å². The summed E-state index contributed by atoms with van der Waals surface area (Å²) in [5.74, 6) is -1.01. The highest BCUT2D eigenvalue weighted by molar-refractivity contribution is 6.04. The Morgan fingerprint density at radius 2 is 2.04 bits per heavy atom. The molecule has 0 aliphatic carbocycles. The van der Waals surface area contributed by atoms with E-state index in [0.29, 0.717) is 0 Å². The molecular weight excluding hydrogens is 332 g/mol. The molecule has 0 bridgehead atoms. The van der Waals surface area contributed by atoms with Gasteiger partial charge in [-0.05, 0) is 6.92 Å². The van der Waals surface area contributed by atoms with E-state index in [-0.39, 0.29) is 35.1 Å².